The normalized spacial score (nSPS) is 12.9. The Morgan fingerprint density at radius 1 is 0.852 bits per heavy atom. The van der Waals surface area contributed by atoms with Crippen molar-refractivity contribution in [2.75, 3.05) is 33.5 Å². The van der Waals surface area contributed by atoms with E-state index in [0.29, 0.717) is 11.3 Å². The smallest absolute Gasteiger partial charge is 0.497 e. The monoisotopic (exact) mass is 422 g/mol. The maximum Gasteiger partial charge on any atom is 0.530 e. The van der Waals surface area contributed by atoms with Gasteiger partial charge in [0.2, 0.25) is 0 Å². The number of hydrogen-bond donors (Lipinski definition) is 0. The van der Waals surface area contributed by atoms with Crippen molar-refractivity contribution < 1.29 is 36.5 Å². The first-order valence-electron chi connectivity index (χ1n) is 8.70. The molecule has 0 N–H and O–H groups in total. The molecular weight excluding hydrogens is 394 g/mol. The summed E-state index contributed by atoms with van der Waals surface area (Å²) in [5, 5.41) is 0. The first-order chi connectivity index (χ1) is 12.8. The molecule has 0 saturated heterocycles. The van der Waals surface area contributed by atoms with Crippen molar-refractivity contribution in [1.29, 1.82) is 0 Å². The van der Waals surface area contributed by atoms with Crippen molar-refractivity contribution in [3.8, 4) is 5.75 Å². The van der Waals surface area contributed by atoms with Crippen LogP contribution in [0.4, 0.5) is 0 Å². The van der Waals surface area contributed by atoms with Gasteiger partial charge < -0.3 is 18.3 Å². The molecule has 0 aliphatic carbocycles. The number of phosphoric acid groups is 1. The number of hydrogen-bond acceptors (Lipinski definition) is 8. The number of phosphoric ester groups is 1. The fourth-order valence-electron chi connectivity index (χ4n) is 2.05. The molecule has 1 aromatic rings. The van der Waals surface area contributed by atoms with E-state index in [0.717, 1.165) is 0 Å². The lowest BCUT2D eigenvalue weighted by Crippen LogP contribution is -2.02. The van der Waals surface area contributed by atoms with Crippen LogP contribution in [0.2, 0.25) is 0 Å². The third-order valence-electron chi connectivity index (χ3n) is 3.05. The molecule has 0 aliphatic heterocycles. The van der Waals surface area contributed by atoms with E-state index in [1.54, 1.807) is 59.1 Å². The zero-order valence-electron chi connectivity index (χ0n) is 16.4. The number of ether oxygens (including phenoxy) is 1. The zero-order chi connectivity index (χ0) is 20.3. The summed E-state index contributed by atoms with van der Waals surface area (Å²) >= 11 is 0. The van der Waals surface area contributed by atoms with Crippen LogP contribution in [-0.4, -0.2) is 33.5 Å². The SMILES string of the molecule is CCOP(=O)(/C=C(\OP(=O)(OCC)OCC)c1ccc(OC)cc1)OCC. The molecule has 27 heavy (non-hydrogen) atoms. The van der Waals surface area contributed by atoms with Gasteiger partial charge in [0.1, 0.15) is 11.5 Å². The maximum atomic E-state index is 12.9. The van der Waals surface area contributed by atoms with Crippen LogP contribution < -0.4 is 4.74 Å². The molecule has 1 rings (SSSR count). The molecule has 8 nitrogen and oxygen atoms in total. The molecule has 0 spiro atoms. The second kappa shape index (κ2) is 11.6. The standard InChI is InChI=1S/C17H28O8P2/c1-6-21-26(18,22-7-2)14-17(15-10-12-16(20-5)13-11-15)25-27(19,23-8-3)24-9-4/h10-14H,6-9H2,1-5H3/b17-14-. The van der Waals surface area contributed by atoms with Crippen LogP contribution in [0.5, 0.6) is 5.75 Å². The van der Waals surface area contributed by atoms with Crippen LogP contribution >= 0.6 is 15.4 Å². The van der Waals surface area contributed by atoms with E-state index in [2.05, 4.69) is 0 Å². The maximum absolute atomic E-state index is 12.9. The minimum Gasteiger partial charge on any atom is -0.497 e. The van der Waals surface area contributed by atoms with E-state index in [-0.39, 0.29) is 32.2 Å². The number of rotatable bonds is 13. The third-order valence-corrected chi connectivity index (χ3v) is 6.41. The van der Waals surface area contributed by atoms with E-state index in [9.17, 15) is 9.13 Å². The summed E-state index contributed by atoms with van der Waals surface area (Å²) in [6.07, 6.45) is 0. The second-order valence-electron chi connectivity index (χ2n) is 4.97. The van der Waals surface area contributed by atoms with Crippen LogP contribution in [0.15, 0.2) is 30.1 Å². The lowest BCUT2D eigenvalue weighted by Gasteiger charge is -2.21. The molecule has 1 aromatic carbocycles. The van der Waals surface area contributed by atoms with Crippen molar-refractivity contribution in [2.24, 2.45) is 0 Å². The fraction of sp³-hybridized carbons (Fsp3) is 0.529. The molecule has 0 heterocycles. The molecule has 0 saturated carbocycles. The lowest BCUT2D eigenvalue weighted by atomic mass is 10.2. The summed E-state index contributed by atoms with van der Waals surface area (Å²) in [4.78, 5) is 0. The second-order valence-corrected chi connectivity index (χ2v) is 8.42. The van der Waals surface area contributed by atoms with Gasteiger partial charge in [0, 0.05) is 5.56 Å². The van der Waals surface area contributed by atoms with Gasteiger partial charge in [0.05, 0.1) is 39.4 Å². The summed E-state index contributed by atoms with van der Waals surface area (Å²) in [5.41, 5.74) is 0.482. The van der Waals surface area contributed by atoms with E-state index in [1.165, 1.54) is 5.82 Å². The quantitative estimate of drug-likeness (QED) is 0.306. The average Bonchev–Trinajstić information content (AvgIpc) is 2.62. The van der Waals surface area contributed by atoms with Crippen LogP contribution in [0.1, 0.15) is 33.3 Å². The molecule has 0 fully saturated rings. The molecule has 10 heteroatoms. The van der Waals surface area contributed by atoms with Crippen LogP contribution in [-0.2, 0) is 31.7 Å². The van der Waals surface area contributed by atoms with Gasteiger partial charge in [0.25, 0.3) is 0 Å². The predicted molar refractivity (Wildman–Crippen MR) is 104 cm³/mol. The van der Waals surface area contributed by atoms with E-state index in [1.807, 2.05) is 0 Å². The summed E-state index contributed by atoms with van der Waals surface area (Å²) in [6, 6.07) is 6.69. The van der Waals surface area contributed by atoms with Crippen molar-refractivity contribution in [2.45, 2.75) is 27.7 Å². The van der Waals surface area contributed by atoms with Crippen molar-refractivity contribution in [1.82, 2.24) is 0 Å². The minimum atomic E-state index is -3.92. The summed E-state index contributed by atoms with van der Waals surface area (Å²) in [7, 11) is -6.01. The van der Waals surface area contributed by atoms with Gasteiger partial charge in [-0.15, -0.1) is 0 Å². The summed E-state index contributed by atoms with van der Waals surface area (Å²) in [6.45, 7) is 7.27. The van der Waals surface area contributed by atoms with Gasteiger partial charge in [-0.25, -0.2) is 4.57 Å². The molecule has 0 amide bonds. The zero-order valence-corrected chi connectivity index (χ0v) is 18.2. The number of methoxy groups -OCH3 is 1. The highest BCUT2D eigenvalue weighted by Crippen LogP contribution is 2.57. The van der Waals surface area contributed by atoms with Crippen molar-refractivity contribution >= 4 is 21.2 Å². The molecule has 0 atom stereocenters. The highest BCUT2D eigenvalue weighted by molar-refractivity contribution is 7.57. The Kier molecular flexibility index (Phi) is 10.3. The summed E-state index contributed by atoms with van der Waals surface area (Å²) < 4.78 is 57.4. The van der Waals surface area contributed by atoms with Crippen LogP contribution in [0.3, 0.4) is 0 Å². The molecule has 154 valence electrons. The topological polar surface area (TPSA) is 89.5 Å². The van der Waals surface area contributed by atoms with Crippen molar-refractivity contribution in [3.63, 3.8) is 0 Å². The third kappa shape index (κ3) is 7.78. The lowest BCUT2D eigenvalue weighted by molar-refractivity contribution is 0.159. The van der Waals surface area contributed by atoms with Crippen LogP contribution in [0.25, 0.3) is 5.76 Å². The Labute approximate surface area is 160 Å². The van der Waals surface area contributed by atoms with Crippen molar-refractivity contribution in [3.05, 3.63) is 35.6 Å². The van der Waals surface area contributed by atoms with Gasteiger partial charge in [-0.1, -0.05) is 0 Å². The Balaban J connectivity index is 3.39. The van der Waals surface area contributed by atoms with Crippen LogP contribution in [0, 0.1) is 0 Å². The molecule has 0 unspecified atom stereocenters. The Bertz CT molecular complexity index is 667. The Hall–Kier alpha value is -1.14. The number of benzene rings is 1. The predicted octanol–water partition coefficient (Wildman–Crippen LogP) is 5.46. The largest absolute Gasteiger partial charge is 0.530 e. The highest BCUT2D eigenvalue weighted by atomic mass is 31.2. The highest BCUT2D eigenvalue weighted by Gasteiger charge is 2.31. The molecule has 0 radical (unpaired) electrons. The van der Waals surface area contributed by atoms with Gasteiger partial charge >= 0.3 is 15.4 Å². The molecular formula is C17H28O8P2. The average molecular weight is 422 g/mol. The first kappa shape index (κ1) is 23.9. The van der Waals surface area contributed by atoms with Gasteiger partial charge in [-0.3, -0.25) is 13.6 Å². The molecule has 0 bridgehead atoms. The van der Waals surface area contributed by atoms with Gasteiger partial charge in [-0.2, -0.15) is 0 Å². The minimum absolute atomic E-state index is 0.00752. The van der Waals surface area contributed by atoms with Gasteiger partial charge in [-0.05, 0) is 52.0 Å². The first-order valence-corrected chi connectivity index (χ1v) is 11.8. The van der Waals surface area contributed by atoms with E-state index in [4.69, 9.17) is 27.4 Å². The molecule has 0 aliphatic rings. The Morgan fingerprint density at radius 2 is 1.33 bits per heavy atom. The van der Waals surface area contributed by atoms with E-state index < -0.39 is 15.4 Å². The Morgan fingerprint density at radius 3 is 1.74 bits per heavy atom. The van der Waals surface area contributed by atoms with E-state index >= 15 is 0 Å². The fourth-order valence-corrected chi connectivity index (χ4v) is 4.77. The van der Waals surface area contributed by atoms with Gasteiger partial charge in [0.15, 0.2) is 0 Å². The summed E-state index contributed by atoms with van der Waals surface area (Å²) in [5.74, 6) is 1.81. The molecule has 0 aromatic heterocycles.